The molecule has 2 N–H and O–H groups in total. The van der Waals surface area contributed by atoms with Crippen LogP contribution in [0.2, 0.25) is 0 Å². The predicted molar refractivity (Wildman–Crippen MR) is 88.2 cm³/mol. The summed E-state index contributed by atoms with van der Waals surface area (Å²) in [4.78, 5) is 2.57. The van der Waals surface area contributed by atoms with Gasteiger partial charge in [-0.05, 0) is 39.3 Å². The number of likely N-dealkylation sites (N-methyl/N-ethyl adjacent to an activating group) is 1. The van der Waals surface area contributed by atoms with Gasteiger partial charge in [-0.3, -0.25) is 9.58 Å². The van der Waals surface area contributed by atoms with Gasteiger partial charge in [0.25, 0.3) is 0 Å². The first-order valence-corrected chi connectivity index (χ1v) is 8.60. The first kappa shape index (κ1) is 16.5. The number of hydrogen-bond acceptors (Lipinski definition) is 3. The van der Waals surface area contributed by atoms with Crippen LogP contribution in [-0.2, 0) is 6.54 Å². The SMILES string of the molecule is CCN(Cc1ccn(C(C)C)n1)C1(CN)CCCCCC1. The van der Waals surface area contributed by atoms with Crippen LogP contribution in [0.5, 0.6) is 0 Å². The van der Waals surface area contributed by atoms with Crippen molar-refractivity contribution in [1.29, 1.82) is 0 Å². The Bertz CT molecular complexity index is 416. The van der Waals surface area contributed by atoms with Crippen molar-refractivity contribution in [3.63, 3.8) is 0 Å². The maximum atomic E-state index is 6.22. The minimum absolute atomic E-state index is 0.187. The number of nitrogens with zero attached hydrogens (tertiary/aromatic N) is 3. The van der Waals surface area contributed by atoms with Gasteiger partial charge in [0.15, 0.2) is 0 Å². The van der Waals surface area contributed by atoms with Crippen molar-refractivity contribution in [1.82, 2.24) is 14.7 Å². The maximum absolute atomic E-state index is 6.22. The van der Waals surface area contributed by atoms with Crippen molar-refractivity contribution in [3.05, 3.63) is 18.0 Å². The molecule has 0 radical (unpaired) electrons. The first-order valence-electron chi connectivity index (χ1n) is 8.60. The van der Waals surface area contributed by atoms with Crippen molar-refractivity contribution >= 4 is 0 Å². The quantitative estimate of drug-likeness (QED) is 0.818. The minimum atomic E-state index is 0.187. The molecule has 1 heterocycles. The summed E-state index contributed by atoms with van der Waals surface area (Å²) in [5.41, 5.74) is 7.58. The summed E-state index contributed by atoms with van der Waals surface area (Å²) < 4.78 is 2.05. The van der Waals surface area contributed by atoms with Gasteiger partial charge in [0.2, 0.25) is 0 Å². The smallest absolute Gasteiger partial charge is 0.0765 e. The third kappa shape index (κ3) is 3.86. The van der Waals surface area contributed by atoms with Gasteiger partial charge < -0.3 is 5.73 Å². The molecule has 0 amide bonds. The van der Waals surface area contributed by atoms with Crippen molar-refractivity contribution < 1.29 is 0 Å². The van der Waals surface area contributed by atoms with Crippen LogP contribution in [0.4, 0.5) is 0 Å². The molecule has 0 unspecified atom stereocenters. The molecule has 120 valence electrons. The van der Waals surface area contributed by atoms with Crippen LogP contribution >= 0.6 is 0 Å². The molecule has 1 saturated carbocycles. The highest BCUT2D eigenvalue weighted by Crippen LogP contribution is 2.32. The zero-order valence-electron chi connectivity index (χ0n) is 14.0. The molecule has 0 aromatic carbocycles. The first-order chi connectivity index (χ1) is 10.1. The lowest BCUT2D eigenvalue weighted by Crippen LogP contribution is -2.53. The second-order valence-electron chi connectivity index (χ2n) is 6.74. The highest BCUT2D eigenvalue weighted by molar-refractivity contribution is 5.03. The summed E-state index contributed by atoms with van der Waals surface area (Å²) in [6.07, 6.45) is 9.92. The summed E-state index contributed by atoms with van der Waals surface area (Å²) in [6, 6.07) is 2.58. The van der Waals surface area contributed by atoms with Gasteiger partial charge in [0, 0.05) is 30.9 Å². The largest absolute Gasteiger partial charge is 0.329 e. The van der Waals surface area contributed by atoms with Crippen LogP contribution in [0.3, 0.4) is 0 Å². The van der Waals surface area contributed by atoms with E-state index >= 15 is 0 Å². The van der Waals surface area contributed by atoms with Gasteiger partial charge >= 0.3 is 0 Å². The summed E-state index contributed by atoms with van der Waals surface area (Å²) in [6.45, 7) is 9.33. The molecule has 1 fully saturated rings. The molecule has 0 atom stereocenters. The lowest BCUT2D eigenvalue weighted by Gasteiger charge is -2.42. The topological polar surface area (TPSA) is 47.1 Å². The highest BCUT2D eigenvalue weighted by Gasteiger charge is 2.35. The van der Waals surface area contributed by atoms with E-state index in [4.69, 9.17) is 10.8 Å². The molecule has 4 nitrogen and oxygen atoms in total. The summed E-state index contributed by atoms with van der Waals surface area (Å²) >= 11 is 0. The molecule has 21 heavy (non-hydrogen) atoms. The molecule has 0 bridgehead atoms. The van der Waals surface area contributed by atoms with E-state index in [2.05, 4.69) is 37.9 Å². The molecule has 1 aliphatic rings. The normalized spacial score (nSPS) is 19.1. The Morgan fingerprint density at radius 1 is 1.29 bits per heavy atom. The van der Waals surface area contributed by atoms with Crippen molar-refractivity contribution in [2.24, 2.45) is 5.73 Å². The Hall–Kier alpha value is -0.870. The number of rotatable bonds is 6. The van der Waals surface area contributed by atoms with Crippen molar-refractivity contribution in [3.8, 4) is 0 Å². The van der Waals surface area contributed by atoms with E-state index in [1.807, 2.05) is 4.68 Å². The molecule has 1 aliphatic carbocycles. The second-order valence-corrected chi connectivity index (χ2v) is 6.74. The Kier molecular flexibility index (Phi) is 5.82. The molecular formula is C17H32N4. The van der Waals surface area contributed by atoms with Crippen LogP contribution in [0, 0.1) is 0 Å². The van der Waals surface area contributed by atoms with Gasteiger partial charge in [0.1, 0.15) is 0 Å². The van der Waals surface area contributed by atoms with Crippen LogP contribution in [0.15, 0.2) is 12.3 Å². The lowest BCUT2D eigenvalue weighted by atomic mass is 9.88. The Balaban J connectivity index is 2.12. The van der Waals surface area contributed by atoms with E-state index in [-0.39, 0.29) is 5.54 Å². The molecule has 0 saturated heterocycles. The van der Waals surface area contributed by atoms with Gasteiger partial charge in [-0.25, -0.2) is 0 Å². The molecular weight excluding hydrogens is 260 g/mol. The molecule has 1 aromatic rings. The fourth-order valence-corrected chi connectivity index (χ4v) is 3.60. The fourth-order valence-electron chi connectivity index (χ4n) is 3.60. The van der Waals surface area contributed by atoms with Crippen LogP contribution < -0.4 is 5.73 Å². The van der Waals surface area contributed by atoms with Gasteiger partial charge in [-0.15, -0.1) is 0 Å². The average molecular weight is 292 g/mol. The van der Waals surface area contributed by atoms with E-state index < -0.39 is 0 Å². The van der Waals surface area contributed by atoms with E-state index in [1.165, 1.54) is 44.2 Å². The van der Waals surface area contributed by atoms with Crippen LogP contribution in [-0.4, -0.2) is 33.3 Å². The van der Waals surface area contributed by atoms with Crippen molar-refractivity contribution in [2.45, 2.75) is 77.4 Å². The van der Waals surface area contributed by atoms with Gasteiger partial charge in [-0.2, -0.15) is 5.10 Å². The second kappa shape index (κ2) is 7.41. The third-order valence-corrected chi connectivity index (χ3v) is 5.01. The van der Waals surface area contributed by atoms with E-state index in [0.29, 0.717) is 6.04 Å². The maximum Gasteiger partial charge on any atom is 0.0765 e. The predicted octanol–water partition coefficient (Wildman–Crippen LogP) is 3.34. The highest BCUT2D eigenvalue weighted by atomic mass is 15.3. The van der Waals surface area contributed by atoms with E-state index in [1.54, 1.807) is 0 Å². The van der Waals surface area contributed by atoms with Gasteiger partial charge in [-0.1, -0.05) is 32.6 Å². The average Bonchev–Trinajstić information content (AvgIpc) is 2.82. The zero-order chi connectivity index (χ0) is 15.3. The fraction of sp³-hybridized carbons (Fsp3) is 0.824. The van der Waals surface area contributed by atoms with Gasteiger partial charge in [0.05, 0.1) is 5.69 Å². The lowest BCUT2D eigenvalue weighted by molar-refractivity contribution is 0.0741. The Labute approximate surface area is 129 Å². The molecule has 1 aromatic heterocycles. The summed E-state index contributed by atoms with van der Waals surface area (Å²) in [5.74, 6) is 0. The zero-order valence-corrected chi connectivity index (χ0v) is 14.0. The standard InChI is InChI=1S/C17H32N4/c1-4-20(13-16-9-12-21(19-16)15(2)3)17(14-18)10-7-5-6-8-11-17/h9,12,15H,4-8,10-11,13-14,18H2,1-3H3. The number of aromatic nitrogens is 2. The molecule has 4 heteroatoms. The van der Waals surface area contributed by atoms with Crippen molar-refractivity contribution in [2.75, 3.05) is 13.1 Å². The van der Waals surface area contributed by atoms with Crippen LogP contribution in [0.25, 0.3) is 0 Å². The third-order valence-electron chi connectivity index (χ3n) is 5.01. The summed E-state index contributed by atoms with van der Waals surface area (Å²) in [7, 11) is 0. The van der Waals surface area contributed by atoms with Crippen LogP contribution in [0.1, 0.15) is 71.0 Å². The summed E-state index contributed by atoms with van der Waals surface area (Å²) in [5, 5.41) is 4.72. The minimum Gasteiger partial charge on any atom is -0.329 e. The Morgan fingerprint density at radius 3 is 2.43 bits per heavy atom. The molecule has 0 aliphatic heterocycles. The molecule has 2 rings (SSSR count). The number of hydrogen-bond donors (Lipinski definition) is 1. The monoisotopic (exact) mass is 292 g/mol. The number of nitrogens with two attached hydrogens (primary N) is 1. The molecule has 0 spiro atoms. The van der Waals surface area contributed by atoms with E-state index in [0.717, 1.165) is 19.6 Å². The Morgan fingerprint density at radius 2 is 1.95 bits per heavy atom. The van der Waals surface area contributed by atoms with E-state index in [9.17, 15) is 0 Å².